The van der Waals surface area contributed by atoms with Gasteiger partial charge >= 0.3 is 5.63 Å². The van der Waals surface area contributed by atoms with Gasteiger partial charge in [0, 0.05) is 15.9 Å². The lowest BCUT2D eigenvalue weighted by molar-refractivity contribution is 0.0916. The number of rotatable bonds is 1. The smallest absolute Gasteiger partial charge is 0.349 e. The zero-order valence-corrected chi connectivity index (χ0v) is 11.7. The molecule has 0 radical (unpaired) electrons. The van der Waals surface area contributed by atoms with Gasteiger partial charge in [0.2, 0.25) is 0 Å². The van der Waals surface area contributed by atoms with Crippen LogP contribution in [0.2, 0.25) is 5.02 Å². The highest BCUT2D eigenvalue weighted by atomic mass is 35.5. The minimum Gasteiger partial charge on any atom is -0.422 e. The monoisotopic (exact) mass is 279 g/mol. The number of benzene rings is 1. The van der Waals surface area contributed by atoms with Crippen LogP contribution in [0.5, 0.6) is 0 Å². The van der Waals surface area contributed by atoms with Crippen molar-refractivity contribution in [2.75, 3.05) is 0 Å². The van der Waals surface area contributed by atoms with Gasteiger partial charge in [0.15, 0.2) is 0 Å². The van der Waals surface area contributed by atoms with E-state index in [9.17, 15) is 9.59 Å². The van der Waals surface area contributed by atoms with Gasteiger partial charge in [0.25, 0.3) is 5.91 Å². The standard InChI is InChI=1S/C14H14ClNO3/c1-14(2,3)16-12(17)10-7-8-6-9(15)4-5-11(8)19-13(10)18/h4-7H,1-3H3,(H,16,17). The number of carbonyl (C=O) groups excluding carboxylic acids is 1. The van der Waals surface area contributed by atoms with Crippen LogP contribution in [0.4, 0.5) is 0 Å². The van der Waals surface area contributed by atoms with Crippen molar-refractivity contribution < 1.29 is 9.21 Å². The van der Waals surface area contributed by atoms with Crippen LogP contribution < -0.4 is 10.9 Å². The first kappa shape index (κ1) is 13.6. The van der Waals surface area contributed by atoms with Gasteiger partial charge in [-0.1, -0.05) is 11.6 Å². The largest absolute Gasteiger partial charge is 0.422 e. The van der Waals surface area contributed by atoms with E-state index < -0.39 is 17.1 Å². The predicted octanol–water partition coefficient (Wildman–Crippen LogP) is 2.97. The second kappa shape index (κ2) is 4.70. The van der Waals surface area contributed by atoms with Gasteiger partial charge in [-0.2, -0.15) is 0 Å². The molecular weight excluding hydrogens is 266 g/mol. The van der Waals surface area contributed by atoms with Crippen LogP contribution >= 0.6 is 11.6 Å². The Kier molecular flexibility index (Phi) is 3.37. The highest BCUT2D eigenvalue weighted by Crippen LogP contribution is 2.19. The lowest BCUT2D eigenvalue weighted by atomic mass is 10.1. The predicted molar refractivity (Wildman–Crippen MR) is 74.7 cm³/mol. The number of nitrogens with one attached hydrogen (secondary N) is 1. The summed E-state index contributed by atoms with van der Waals surface area (Å²) in [4.78, 5) is 23.8. The van der Waals surface area contributed by atoms with Gasteiger partial charge < -0.3 is 9.73 Å². The number of hydrogen-bond donors (Lipinski definition) is 1. The molecule has 0 unspecified atom stereocenters. The zero-order valence-electron chi connectivity index (χ0n) is 10.9. The van der Waals surface area contributed by atoms with E-state index in [1.807, 2.05) is 20.8 Å². The number of halogens is 1. The minimum atomic E-state index is -0.656. The molecular formula is C14H14ClNO3. The van der Waals surface area contributed by atoms with Gasteiger partial charge in [0.05, 0.1) is 0 Å². The molecule has 1 N–H and O–H groups in total. The van der Waals surface area contributed by atoms with Gasteiger partial charge in [-0.05, 0) is 45.0 Å². The zero-order chi connectivity index (χ0) is 14.2. The Balaban J connectivity index is 2.52. The van der Waals surface area contributed by atoms with E-state index in [2.05, 4.69) is 5.32 Å². The quantitative estimate of drug-likeness (QED) is 0.817. The molecule has 0 aliphatic heterocycles. The average molecular weight is 280 g/mol. The molecule has 1 amide bonds. The van der Waals surface area contributed by atoms with Crippen LogP contribution in [-0.2, 0) is 0 Å². The summed E-state index contributed by atoms with van der Waals surface area (Å²) in [6.07, 6.45) is 0. The average Bonchev–Trinajstić information content (AvgIpc) is 2.26. The first-order valence-electron chi connectivity index (χ1n) is 5.82. The van der Waals surface area contributed by atoms with Gasteiger partial charge in [-0.15, -0.1) is 0 Å². The molecule has 4 nitrogen and oxygen atoms in total. The van der Waals surface area contributed by atoms with Crippen molar-refractivity contribution in [2.24, 2.45) is 0 Å². The Hall–Kier alpha value is -1.81. The third-order valence-corrected chi connectivity index (χ3v) is 2.66. The molecule has 0 bridgehead atoms. The van der Waals surface area contributed by atoms with Crippen molar-refractivity contribution in [1.82, 2.24) is 5.32 Å². The first-order valence-corrected chi connectivity index (χ1v) is 6.20. The molecule has 0 saturated heterocycles. The molecule has 0 spiro atoms. The summed E-state index contributed by atoms with van der Waals surface area (Å²) in [7, 11) is 0. The molecule has 100 valence electrons. The lowest BCUT2D eigenvalue weighted by Crippen LogP contribution is -2.42. The maximum atomic E-state index is 12.0. The molecule has 0 atom stereocenters. The number of amides is 1. The van der Waals surface area contributed by atoms with Crippen molar-refractivity contribution in [1.29, 1.82) is 0 Å². The fourth-order valence-electron chi connectivity index (χ4n) is 1.66. The number of carbonyl (C=O) groups is 1. The molecule has 0 fully saturated rings. The summed E-state index contributed by atoms with van der Waals surface area (Å²) in [6, 6.07) is 6.37. The van der Waals surface area contributed by atoms with E-state index in [0.717, 1.165) is 0 Å². The van der Waals surface area contributed by atoms with Crippen LogP contribution in [-0.4, -0.2) is 11.4 Å². The Labute approximate surface area is 115 Å². The van der Waals surface area contributed by atoms with Gasteiger partial charge in [-0.25, -0.2) is 4.79 Å². The van der Waals surface area contributed by atoms with Crippen LogP contribution in [0.25, 0.3) is 11.0 Å². The molecule has 1 aromatic carbocycles. The lowest BCUT2D eigenvalue weighted by Gasteiger charge is -2.20. The Morgan fingerprint density at radius 3 is 2.58 bits per heavy atom. The second-order valence-corrected chi connectivity index (χ2v) is 5.77. The van der Waals surface area contributed by atoms with Crippen molar-refractivity contribution in [3.05, 3.63) is 45.3 Å². The minimum absolute atomic E-state index is 0.0234. The maximum absolute atomic E-state index is 12.0. The fraction of sp³-hybridized carbons (Fsp3) is 0.286. The molecule has 1 aromatic heterocycles. The number of hydrogen-bond acceptors (Lipinski definition) is 3. The molecule has 19 heavy (non-hydrogen) atoms. The maximum Gasteiger partial charge on any atom is 0.349 e. The SMILES string of the molecule is CC(C)(C)NC(=O)c1cc2cc(Cl)ccc2oc1=O. The van der Waals surface area contributed by atoms with Gasteiger partial charge in [0.1, 0.15) is 11.1 Å². The van der Waals surface area contributed by atoms with Crippen LogP contribution in [0.15, 0.2) is 33.5 Å². The Morgan fingerprint density at radius 1 is 1.26 bits per heavy atom. The topological polar surface area (TPSA) is 59.3 Å². The first-order chi connectivity index (χ1) is 8.76. The van der Waals surface area contributed by atoms with Crippen LogP contribution in [0, 0.1) is 0 Å². The third kappa shape index (κ3) is 3.15. The highest BCUT2D eigenvalue weighted by Gasteiger charge is 2.19. The molecule has 2 rings (SSSR count). The summed E-state index contributed by atoms with van der Waals surface area (Å²) in [5, 5.41) is 3.86. The van der Waals surface area contributed by atoms with E-state index in [1.165, 1.54) is 6.07 Å². The van der Waals surface area contributed by atoms with Crippen molar-refractivity contribution in [3.63, 3.8) is 0 Å². The second-order valence-electron chi connectivity index (χ2n) is 5.33. The van der Waals surface area contributed by atoms with Crippen LogP contribution in [0.3, 0.4) is 0 Å². The summed E-state index contributed by atoms with van der Waals surface area (Å²) < 4.78 is 5.11. The molecule has 0 aliphatic rings. The highest BCUT2D eigenvalue weighted by molar-refractivity contribution is 6.31. The molecule has 2 aromatic rings. The fourth-order valence-corrected chi connectivity index (χ4v) is 1.84. The van der Waals surface area contributed by atoms with E-state index in [4.69, 9.17) is 16.0 Å². The molecule has 5 heteroatoms. The van der Waals surface area contributed by atoms with Crippen LogP contribution in [0.1, 0.15) is 31.1 Å². The van der Waals surface area contributed by atoms with Gasteiger partial charge in [-0.3, -0.25) is 4.79 Å². The number of fused-ring (bicyclic) bond motifs is 1. The van der Waals surface area contributed by atoms with E-state index in [1.54, 1.807) is 18.2 Å². The summed E-state index contributed by atoms with van der Waals surface area (Å²) in [5.41, 5.74) is -0.699. The normalized spacial score (nSPS) is 11.6. The van der Waals surface area contributed by atoms with Crippen molar-refractivity contribution in [3.8, 4) is 0 Å². The Bertz CT molecular complexity index is 698. The van der Waals surface area contributed by atoms with E-state index in [-0.39, 0.29) is 5.56 Å². The molecule has 0 aliphatic carbocycles. The Morgan fingerprint density at radius 2 is 1.95 bits per heavy atom. The van der Waals surface area contributed by atoms with Crippen molar-refractivity contribution >= 4 is 28.5 Å². The molecule has 1 heterocycles. The summed E-state index contributed by atoms with van der Waals surface area (Å²) in [6.45, 7) is 5.51. The summed E-state index contributed by atoms with van der Waals surface area (Å²) in [5.74, 6) is -0.455. The van der Waals surface area contributed by atoms with Crippen molar-refractivity contribution in [2.45, 2.75) is 26.3 Å². The van der Waals surface area contributed by atoms with E-state index >= 15 is 0 Å². The molecule has 0 saturated carbocycles. The summed E-state index contributed by atoms with van der Waals surface area (Å²) >= 11 is 5.88. The van der Waals surface area contributed by atoms with E-state index in [0.29, 0.717) is 16.0 Å². The third-order valence-electron chi connectivity index (χ3n) is 2.43.